The molecule has 0 saturated heterocycles. The quantitative estimate of drug-likeness (QED) is 0.0222. The Hall–Kier alpha value is -1.94. The van der Waals surface area contributed by atoms with Gasteiger partial charge in [-0.05, 0) is 37.5 Å². The van der Waals surface area contributed by atoms with E-state index in [4.69, 9.17) is 37.0 Å². The highest BCUT2D eigenvalue weighted by molar-refractivity contribution is 7.47. The van der Waals surface area contributed by atoms with Crippen molar-refractivity contribution in [1.29, 1.82) is 0 Å². The van der Waals surface area contributed by atoms with Gasteiger partial charge >= 0.3 is 39.5 Å². The van der Waals surface area contributed by atoms with Crippen molar-refractivity contribution in [3.8, 4) is 0 Å². The lowest BCUT2D eigenvalue weighted by Crippen LogP contribution is -2.30. The van der Waals surface area contributed by atoms with Crippen molar-refractivity contribution in [1.82, 2.24) is 0 Å². The number of carbonyl (C=O) groups is 4. The number of aliphatic hydroxyl groups excluding tert-OH is 1. The van der Waals surface area contributed by atoms with Crippen LogP contribution in [0.25, 0.3) is 0 Å². The first kappa shape index (κ1) is 88.1. The zero-order valence-corrected chi connectivity index (χ0v) is 60.2. The van der Waals surface area contributed by atoms with Crippen molar-refractivity contribution in [2.75, 3.05) is 39.6 Å². The fraction of sp³-hybridized carbons (Fsp3) is 0.944. The standard InChI is InChI=1S/C71H138O17P2/c1-7-10-12-14-16-18-19-25-30-37-43-49-55-70(75)87-66(59-81-68(73)53-47-41-35-17-15-13-11-8-2)61-85-89(77,78)83-57-65(72)58-84-90(79,80)86-62-67(60-82-69(74)54-48-42-36-32-27-28-33-39-45-51-63(4)5)88-71(76)56-50-44-38-31-26-23-21-20-22-24-29-34-40-46-52-64(6)9-3/h63-67,72H,7-62H2,1-6H3,(H,77,78)(H,79,80)/t64?,65-,66+,67+/m0/s1. The monoisotopic (exact) mass is 1320 g/mol. The minimum Gasteiger partial charge on any atom is -0.462 e. The molecule has 0 heterocycles. The number of carbonyl (C=O) groups excluding carboxylic acids is 4. The molecule has 3 unspecified atom stereocenters. The second-order valence-electron chi connectivity index (χ2n) is 26.3. The van der Waals surface area contributed by atoms with Gasteiger partial charge in [-0.15, -0.1) is 0 Å². The predicted molar refractivity (Wildman–Crippen MR) is 363 cm³/mol. The molecule has 0 spiro atoms. The number of esters is 4. The number of rotatable bonds is 70. The SMILES string of the molecule is CCCCCCCCCCCCCCC(=O)O[C@H](COC(=O)CCCCCCCCCC)COP(=O)(O)OC[C@H](O)COP(=O)(O)OC[C@@H](COC(=O)CCCCCCCCCCCC(C)C)OC(=O)CCCCCCCCCCCCCCCCC(C)CC. The third-order valence-electron chi connectivity index (χ3n) is 16.8. The molecule has 0 aromatic carbocycles. The van der Waals surface area contributed by atoms with Crippen LogP contribution in [0.2, 0.25) is 0 Å². The van der Waals surface area contributed by atoms with Crippen molar-refractivity contribution in [3.63, 3.8) is 0 Å². The molecule has 90 heavy (non-hydrogen) atoms. The highest BCUT2D eigenvalue weighted by atomic mass is 31.2. The summed E-state index contributed by atoms with van der Waals surface area (Å²) in [7, 11) is -9.90. The van der Waals surface area contributed by atoms with E-state index in [1.165, 1.54) is 173 Å². The van der Waals surface area contributed by atoms with Gasteiger partial charge in [-0.2, -0.15) is 0 Å². The molecule has 0 aliphatic carbocycles. The van der Waals surface area contributed by atoms with Gasteiger partial charge in [0.25, 0.3) is 0 Å². The van der Waals surface area contributed by atoms with E-state index in [2.05, 4.69) is 41.5 Å². The Labute approximate surface area is 549 Å². The molecule has 0 aliphatic heterocycles. The van der Waals surface area contributed by atoms with E-state index in [1.54, 1.807) is 0 Å². The fourth-order valence-electron chi connectivity index (χ4n) is 10.7. The molecule has 17 nitrogen and oxygen atoms in total. The molecule has 19 heteroatoms. The van der Waals surface area contributed by atoms with Crippen LogP contribution in [-0.4, -0.2) is 96.7 Å². The molecule has 0 aromatic rings. The van der Waals surface area contributed by atoms with Crippen LogP contribution in [0.4, 0.5) is 0 Å². The number of phosphoric ester groups is 2. The van der Waals surface area contributed by atoms with Gasteiger partial charge in [-0.3, -0.25) is 37.3 Å². The van der Waals surface area contributed by atoms with Gasteiger partial charge < -0.3 is 33.8 Å². The van der Waals surface area contributed by atoms with Gasteiger partial charge in [0.2, 0.25) is 0 Å². The zero-order chi connectivity index (χ0) is 66.5. The van der Waals surface area contributed by atoms with Gasteiger partial charge in [0.05, 0.1) is 26.4 Å². The molecular formula is C71H138O17P2. The summed E-state index contributed by atoms with van der Waals surface area (Å²) in [5, 5.41) is 10.6. The summed E-state index contributed by atoms with van der Waals surface area (Å²) < 4.78 is 68.3. The molecule has 0 saturated carbocycles. The van der Waals surface area contributed by atoms with Crippen molar-refractivity contribution in [3.05, 3.63) is 0 Å². The number of phosphoric acid groups is 2. The van der Waals surface area contributed by atoms with Gasteiger partial charge in [-0.25, -0.2) is 9.13 Å². The molecule has 534 valence electrons. The van der Waals surface area contributed by atoms with E-state index in [0.717, 1.165) is 108 Å². The summed E-state index contributed by atoms with van der Waals surface area (Å²) in [4.78, 5) is 72.5. The number of aliphatic hydroxyl groups is 1. The van der Waals surface area contributed by atoms with Gasteiger partial charge in [0, 0.05) is 25.7 Å². The minimum absolute atomic E-state index is 0.107. The first-order chi connectivity index (χ1) is 43.4. The Balaban J connectivity index is 5.21. The smallest absolute Gasteiger partial charge is 0.462 e. The van der Waals surface area contributed by atoms with Crippen molar-refractivity contribution < 1.29 is 80.2 Å². The molecule has 0 fully saturated rings. The first-order valence-electron chi connectivity index (χ1n) is 37.0. The zero-order valence-electron chi connectivity index (χ0n) is 58.4. The number of hydrogen-bond donors (Lipinski definition) is 3. The lowest BCUT2D eigenvalue weighted by atomic mass is 9.99. The highest BCUT2D eigenvalue weighted by Crippen LogP contribution is 2.45. The third kappa shape index (κ3) is 63.5. The normalized spacial score (nSPS) is 14.4. The second-order valence-corrected chi connectivity index (χ2v) is 29.3. The Kier molecular flexibility index (Phi) is 61.8. The maximum absolute atomic E-state index is 13.0. The lowest BCUT2D eigenvalue weighted by Gasteiger charge is -2.21. The molecule has 0 bridgehead atoms. The molecule has 0 radical (unpaired) electrons. The van der Waals surface area contributed by atoms with Gasteiger partial charge in [0.1, 0.15) is 19.3 Å². The number of hydrogen-bond acceptors (Lipinski definition) is 15. The van der Waals surface area contributed by atoms with E-state index in [0.29, 0.717) is 25.7 Å². The Bertz CT molecular complexity index is 1750. The van der Waals surface area contributed by atoms with Crippen LogP contribution in [0.15, 0.2) is 0 Å². The van der Waals surface area contributed by atoms with Crippen LogP contribution in [0.1, 0.15) is 363 Å². The summed E-state index contributed by atoms with van der Waals surface area (Å²) in [5.41, 5.74) is 0. The predicted octanol–water partition coefficient (Wildman–Crippen LogP) is 20.4. The maximum Gasteiger partial charge on any atom is 0.472 e. The first-order valence-corrected chi connectivity index (χ1v) is 40.0. The fourth-order valence-corrected chi connectivity index (χ4v) is 12.3. The van der Waals surface area contributed by atoms with E-state index in [-0.39, 0.29) is 25.7 Å². The minimum atomic E-state index is -4.95. The van der Waals surface area contributed by atoms with Gasteiger partial charge in [-0.1, -0.05) is 311 Å². The molecule has 0 amide bonds. The molecule has 3 N–H and O–H groups in total. The highest BCUT2D eigenvalue weighted by Gasteiger charge is 2.30. The van der Waals surface area contributed by atoms with Crippen molar-refractivity contribution >= 4 is 39.5 Å². The molecule has 0 rings (SSSR count). The summed E-state index contributed by atoms with van der Waals surface area (Å²) in [5.74, 6) is -0.535. The Morgan fingerprint density at radius 3 is 0.844 bits per heavy atom. The van der Waals surface area contributed by atoms with Crippen LogP contribution in [0.5, 0.6) is 0 Å². The number of ether oxygens (including phenoxy) is 4. The Morgan fingerprint density at radius 1 is 0.322 bits per heavy atom. The summed E-state index contributed by atoms with van der Waals surface area (Å²) in [6, 6.07) is 0. The van der Waals surface area contributed by atoms with Gasteiger partial charge in [0.15, 0.2) is 12.2 Å². The molecule has 0 aromatic heterocycles. The van der Waals surface area contributed by atoms with Crippen LogP contribution >= 0.6 is 15.6 Å². The average molecular weight is 1330 g/mol. The molecule has 0 aliphatic rings. The number of unbranched alkanes of at least 4 members (excludes halogenated alkanes) is 39. The largest absolute Gasteiger partial charge is 0.472 e. The topological polar surface area (TPSA) is 237 Å². The van der Waals surface area contributed by atoms with Crippen LogP contribution in [-0.2, 0) is 65.4 Å². The average Bonchev–Trinajstić information content (AvgIpc) is 3.73. The lowest BCUT2D eigenvalue weighted by molar-refractivity contribution is -0.161. The molecular weight excluding hydrogens is 1190 g/mol. The second kappa shape index (κ2) is 63.1. The van der Waals surface area contributed by atoms with E-state index >= 15 is 0 Å². The van der Waals surface area contributed by atoms with Crippen LogP contribution < -0.4 is 0 Å². The summed E-state index contributed by atoms with van der Waals surface area (Å²) >= 11 is 0. The van der Waals surface area contributed by atoms with Crippen molar-refractivity contribution in [2.24, 2.45) is 11.8 Å². The molecule has 6 atom stereocenters. The summed E-state index contributed by atoms with van der Waals surface area (Å²) in [6.07, 6.45) is 48.5. The van der Waals surface area contributed by atoms with Crippen LogP contribution in [0.3, 0.4) is 0 Å². The van der Waals surface area contributed by atoms with E-state index in [1.807, 2.05) is 0 Å². The third-order valence-corrected chi connectivity index (χ3v) is 18.7. The summed E-state index contributed by atoms with van der Waals surface area (Å²) in [6.45, 7) is 9.57. The van der Waals surface area contributed by atoms with Crippen molar-refractivity contribution in [2.45, 2.75) is 381 Å². The van der Waals surface area contributed by atoms with Crippen LogP contribution in [0, 0.1) is 11.8 Å². The maximum atomic E-state index is 13.0. The van der Waals surface area contributed by atoms with E-state index in [9.17, 15) is 43.2 Å². The Morgan fingerprint density at radius 2 is 0.567 bits per heavy atom. The van der Waals surface area contributed by atoms with E-state index < -0.39 is 97.5 Å².